The maximum Gasteiger partial charge on any atom is 0.267 e. The average Bonchev–Trinajstić information content (AvgIpc) is 3.19. The van der Waals surface area contributed by atoms with Crippen molar-refractivity contribution in [2.45, 2.75) is 45.3 Å². The Kier molecular flexibility index (Phi) is 7.34. The van der Waals surface area contributed by atoms with E-state index in [0.717, 1.165) is 47.0 Å². The average molecular weight is 483 g/mol. The molecule has 1 saturated carbocycles. The highest BCUT2D eigenvalue weighted by Gasteiger charge is 2.41. The molecule has 2 fully saturated rings. The van der Waals surface area contributed by atoms with Crippen LogP contribution in [0.2, 0.25) is 0 Å². The second kappa shape index (κ2) is 11.0. The number of thioether (sulfide) groups is 1. The number of carbonyl (C=O) groups is 1. The van der Waals surface area contributed by atoms with Crippen molar-refractivity contribution in [2.75, 3.05) is 0 Å². The Morgan fingerprint density at radius 2 is 1.63 bits per heavy atom. The summed E-state index contributed by atoms with van der Waals surface area (Å²) in [4.78, 5) is 21.3. The van der Waals surface area contributed by atoms with Gasteiger partial charge in [0.1, 0.15) is 12.4 Å². The maximum atomic E-state index is 13.8. The van der Waals surface area contributed by atoms with Gasteiger partial charge in [0.15, 0.2) is 5.17 Å². The number of para-hydroxylation sites is 2. The Labute approximate surface area is 211 Å². The number of hydrogen-bond donors (Lipinski definition) is 0. The Morgan fingerprint density at radius 3 is 2.40 bits per heavy atom. The zero-order valence-corrected chi connectivity index (χ0v) is 20.8. The Morgan fingerprint density at radius 1 is 0.943 bits per heavy atom. The summed E-state index contributed by atoms with van der Waals surface area (Å²) in [6.45, 7) is 2.74. The standard InChI is InChI=1S/C30H30N2O2S/c1-22-12-8-10-18-26(22)32-29(33)28(35-30(32)31-25-16-6-3-7-17-25)20-24-15-9-11-19-27(24)34-21-23-13-4-2-5-14-23/h2-7,9,11,13-17,19-20,22,26H,8,10,12,18,21H2,1H3/b28-20-,31-30?/t22-,26+/m0/s1. The highest BCUT2D eigenvalue weighted by Crippen LogP contribution is 2.40. The molecule has 5 rings (SSSR count). The molecule has 1 heterocycles. The third-order valence-electron chi connectivity index (χ3n) is 6.66. The number of carbonyl (C=O) groups excluding carboxylic acids is 1. The summed E-state index contributed by atoms with van der Waals surface area (Å²) >= 11 is 1.47. The van der Waals surface area contributed by atoms with E-state index in [0.29, 0.717) is 17.4 Å². The fourth-order valence-corrected chi connectivity index (χ4v) is 5.79. The van der Waals surface area contributed by atoms with Crippen molar-refractivity contribution < 1.29 is 9.53 Å². The Bertz CT molecular complexity index is 1220. The summed E-state index contributed by atoms with van der Waals surface area (Å²) in [6, 6.07) is 28.1. The van der Waals surface area contributed by atoms with E-state index in [1.807, 2.05) is 95.9 Å². The molecule has 3 aromatic rings. The van der Waals surface area contributed by atoms with Gasteiger partial charge in [-0.25, -0.2) is 4.99 Å². The first-order chi connectivity index (χ1) is 17.2. The molecule has 178 valence electrons. The fourth-order valence-electron chi connectivity index (χ4n) is 4.76. The number of benzene rings is 3. The maximum absolute atomic E-state index is 13.8. The molecule has 5 heteroatoms. The first kappa shape index (κ1) is 23.4. The minimum Gasteiger partial charge on any atom is -0.488 e. The molecule has 0 bridgehead atoms. The number of aliphatic imine (C=N–C) groups is 1. The summed E-state index contributed by atoms with van der Waals surface area (Å²) in [5, 5.41) is 0.772. The van der Waals surface area contributed by atoms with Crippen LogP contribution in [0.1, 0.15) is 43.7 Å². The normalized spacial score (nSPS) is 22.7. The van der Waals surface area contributed by atoms with Crippen LogP contribution in [-0.2, 0) is 11.4 Å². The van der Waals surface area contributed by atoms with Gasteiger partial charge in [-0.05, 0) is 60.4 Å². The lowest BCUT2D eigenvalue weighted by Gasteiger charge is -2.35. The molecule has 0 radical (unpaired) electrons. The van der Waals surface area contributed by atoms with Gasteiger partial charge >= 0.3 is 0 Å². The smallest absolute Gasteiger partial charge is 0.267 e. The zero-order valence-electron chi connectivity index (χ0n) is 20.0. The second-order valence-electron chi connectivity index (χ2n) is 9.16. The topological polar surface area (TPSA) is 41.9 Å². The van der Waals surface area contributed by atoms with Crippen molar-refractivity contribution in [2.24, 2.45) is 10.9 Å². The van der Waals surface area contributed by atoms with E-state index in [1.165, 1.54) is 18.2 Å². The van der Waals surface area contributed by atoms with Gasteiger partial charge in [-0.15, -0.1) is 0 Å². The second-order valence-corrected chi connectivity index (χ2v) is 10.2. The number of amidine groups is 1. The van der Waals surface area contributed by atoms with Crippen molar-refractivity contribution in [1.82, 2.24) is 4.90 Å². The van der Waals surface area contributed by atoms with Gasteiger partial charge in [-0.3, -0.25) is 9.69 Å². The lowest BCUT2D eigenvalue weighted by Crippen LogP contribution is -2.44. The summed E-state index contributed by atoms with van der Waals surface area (Å²) in [7, 11) is 0. The van der Waals surface area contributed by atoms with Crippen molar-refractivity contribution in [3.8, 4) is 5.75 Å². The number of hydrogen-bond acceptors (Lipinski definition) is 4. The van der Waals surface area contributed by atoms with Crippen LogP contribution in [0.3, 0.4) is 0 Å². The number of ether oxygens (including phenoxy) is 1. The number of rotatable bonds is 6. The summed E-state index contributed by atoms with van der Waals surface area (Å²) in [5.41, 5.74) is 2.87. The van der Waals surface area contributed by atoms with Gasteiger partial charge in [-0.2, -0.15) is 0 Å². The highest BCUT2D eigenvalue weighted by molar-refractivity contribution is 8.18. The van der Waals surface area contributed by atoms with Crippen LogP contribution >= 0.6 is 11.8 Å². The first-order valence-electron chi connectivity index (χ1n) is 12.3. The molecule has 2 atom stereocenters. The molecule has 0 aromatic heterocycles. The molecule has 4 nitrogen and oxygen atoms in total. The van der Waals surface area contributed by atoms with E-state index < -0.39 is 0 Å². The third kappa shape index (κ3) is 5.51. The number of amides is 1. The zero-order chi connectivity index (χ0) is 24.0. The molecule has 3 aromatic carbocycles. The molecule has 0 N–H and O–H groups in total. The lowest BCUT2D eigenvalue weighted by molar-refractivity contribution is -0.124. The van der Waals surface area contributed by atoms with Gasteiger partial charge in [0.25, 0.3) is 5.91 Å². The molecule has 1 aliphatic carbocycles. The molecular formula is C30H30N2O2S. The van der Waals surface area contributed by atoms with Crippen molar-refractivity contribution >= 4 is 34.6 Å². The van der Waals surface area contributed by atoms with Gasteiger partial charge in [0.2, 0.25) is 0 Å². The molecule has 1 amide bonds. The number of nitrogens with zero attached hydrogens (tertiary/aromatic N) is 2. The van der Waals surface area contributed by atoms with E-state index in [2.05, 4.69) is 6.92 Å². The predicted molar refractivity (Wildman–Crippen MR) is 145 cm³/mol. The van der Waals surface area contributed by atoms with Crippen LogP contribution < -0.4 is 4.74 Å². The van der Waals surface area contributed by atoms with Crippen molar-refractivity contribution in [1.29, 1.82) is 0 Å². The minimum absolute atomic E-state index is 0.0429. The third-order valence-corrected chi connectivity index (χ3v) is 7.64. The van der Waals surface area contributed by atoms with Crippen LogP contribution in [0.5, 0.6) is 5.75 Å². The molecule has 35 heavy (non-hydrogen) atoms. The summed E-state index contributed by atoms with van der Waals surface area (Å²) < 4.78 is 6.14. The molecule has 0 spiro atoms. The predicted octanol–water partition coefficient (Wildman–Crippen LogP) is 7.45. The van der Waals surface area contributed by atoms with Crippen LogP contribution in [0.4, 0.5) is 5.69 Å². The fraction of sp³-hybridized carbons (Fsp3) is 0.267. The minimum atomic E-state index is 0.0429. The molecule has 1 saturated heterocycles. The van der Waals surface area contributed by atoms with Crippen molar-refractivity contribution in [3.05, 3.63) is 101 Å². The van der Waals surface area contributed by atoms with Gasteiger partial charge in [0, 0.05) is 11.6 Å². The van der Waals surface area contributed by atoms with E-state index >= 15 is 0 Å². The molecule has 1 aliphatic heterocycles. The van der Waals surface area contributed by atoms with Gasteiger partial charge in [-0.1, -0.05) is 86.5 Å². The monoisotopic (exact) mass is 482 g/mol. The first-order valence-corrected chi connectivity index (χ1v) is 13.1. The quantitative estimate of drug-likeness (QED) is 0.343. The van der Waals surface area contributed by atoms with Crippen LogP contribution in [-0.4, -0.2) is 22.0 Å². The van der Waals surface area contributed by atoms with Crippen LogP contribution in [0, 0.1) is 5.92 Å². The van der Waals surface area contributed by atoms with Crippen LogP contribution in [0.25, 0.3) is 6.08 Å². The van der Waals surface area contributed by atoms with E-state index in [4.69, 9.17) is 9.73 Å². The van der Waals surface area contributed by atoms with E-state index in [1.54, 1.807) is 0 Å². The molecule has 2 aliphatic rings. The van der Waals surface area contributed by atoms with Crippen molar-refractivity contribution in [3.63, 3.8) is 0 Å². The molecule has 0 unspecified atom stereocenters. The van der Waals surface area contributed by atoms with Crippen LogP contribution in [0.15, 0.2) is 94.8 Å². The summed E-state index contributed by atoms with van der Waals surface area (Å²) in [5.74, 6) is 1.26. The van der Waals surface area contributed by atoms with E-state index in [9.17, 15) is 4.79 Å². The Hall–Kier alpha value is -3.31. The van der Waals surface area contributed by atoms with Gasteiger partial charge < -0.3 is 4.74 Å². The Balaban J connectivity index is 1.45. The lowest BCUT2D eigenvalue weighted by atomic mass is 9.85. The SMILES string of the molecule is C[C@H]1CCCC[C@H]1N1C(=O)/C(=C/c2ccccc2OCc2ccccc2)SC1=Nc1ccccc1. The highest BCUT2D eigenvalue weighted by atomic mass is 32.2. The van der Waals surface area contributed by atoms with Gasteiger partial charge in [0.05, 0.1) is 10.6 Å². The molecular weight excluding hydrogens is 452 g/mol. The summed E-state index contributed by atoms with van der Waals surface area (Å²) in [6.07, 6.45) is 6.50. The largest absolute Gasteiger partial charge is 0.488 e. The van der Waals surface area contributed by atoms with E-state index in [-0.39, 0.29) is 11.9 Å².